The molecule has 1 amide bonds. The van der Waals surface area contributed by atoms with Gasteiger partial charge in [-0.15, -0.1) is 11.3 Å². The van der Waals surface area contributed by atoms with Crippen molar-refractivity contribution in [3.05, 3.63) is 11.6 Å². The Kier molecular flexibility index (Phi) is 4.05. The quantitative estimate of drug-likeness (QED) is 0.921. The van der Waals surface area contributed by atoms with Gasteiger partial charge < -0.3 is 14.9 Å². The molecule has 0 spiro atoms. The zero-order valence-corrected chi connectivity index (χ0v) is 14.3. The summed E-state index contributed by atoms with van der Waals surface area (Å²) >= 11 is 1.61. The summed E-state index contributed by atoms with van der Waals surface area (Å²) in [5, 5.41) is 13.7. The average Bonchev–Trinajstić information content (AvgIpc) is 3.16. The molecule has 3 aliphatic rings. The van der Waals surface area contributed by atoms with E-state index in [0.29, 0.717) is 19.0 Å². The normalized spacial score (nSPS) is 28.0. The largest absolute Gasteiger partial charge is 0.389 e. The van der Waals surface area contributed by atoms with Gasteiger partial charge >= 0.3 is 0 Å². The average molecular weight is 335 g/mol. The molecular formula is C17H25N3O2S. The van der Waals surface area contributed by atoms with Crippen LogP contribution < -0.4 is 4.90 Å². The molecule has 126 valence electrons. The van der Waals surface area contributed by atoms with Crippen LogP contribution in [0.5, 0.6) is 0 Å². The van der Waals surface area contributed by atoms with Gasteiger partial charge in [0.1, 0.15) is 6.04 Å². The summed E-state index contributed by atoms with van der Waals surface area (Å²) in [7, 11) is 0. The fraction of sp³-hybridized carbons (Fsp3) is 0.765. The van der Waals surface area contributed by atoms with Crippen LogP contribution in [0.3, 0.4) is 0 Å². The summed E-state index contributed by atoms with van der Waals surface area (Å²) in [5.74, 6) is 0.700. The number of hydrogen-bond donors (Lipinski definition) is 1. The summed E-state index contributed by atoms with van der Waals surface area (Å²) < 4.78 is 0. The van der Waals surface area contributed by atoms with Gasteiger partial charge in [-0.25, -0.2) is 4.98 Å². The second kappa shape index (κ2) is 6.06. The molecular weight excluding hydrogens is 310 g/mol. The smallest absolute Gasteiger partial charge is 0.245 e. The zero-order valence-electron chi connectivity index (χ0n) is 13.5. The van der Waals surface area contributed by atoms with Crippen molar-refractivity contribution in [1.82, 2.24) is 9.88 Å². The lowest BCUT2D eigenvalue weighted by molar-refractivity contribution is -0.141. The molecule has 1 atom stereocenters. The number of nitrogens with zero attached hydrogens (tertiary/aromatic N) is 3. The van der Waals surface area contributed by atoms with Crippen LogP contribution in [-0.2, 0) is 4.79 Å². The number of anilines is 1. The molecule has 4 rings (SSSR count). The van der Waals surface area contributed by atoms with Crippen LogP contribution in [0.4, 0.5) is 5.13 Å². The Hall–Kier alpha value is -1.14. The number of aliphatic hydroxyl groups is 1. The minimum atomic E-state index is -0.514. The standard InChI is InChI=1S/C17H25N3O2S/c21-15(14-5-2-9-20(14)16-18-8-12-23-16)19-10-6-17(22,7-11-19)13-3-1-4-13/h8,12-14,22H,1-7,9-11H2. The minimum absolute atomic E-state index is 0.0592. The molecule has 3 fully saturated rings. The predicted molar refractivity (Wildman–Crippen MR) is 90.6 cm³/mol. The molecule has 6 heteroatoms. The number of aromatic nitrogens is 1. The molecule has 1 unspecified atom stereocenters. The molecule has 3 heterocycles. The third-order valence-corrected chi connectivity index (χ3v) is 6.82. The van der Waals surface area contributed by atoms with Gasteiger partial charge in [-0.2, -0.15) is 0 Å². The lowest BCUT2D eigenvalue weighted by atomic mass is 9.69. The lowest BCUT2D eigenvalue weighted by Crippen LogP contribution is -2.55. The summed E-state index contributed by atoms with van der Waals surface area (Å²) in [6.07, 6.45) is 8.83. The van der Waals surface area contributed by atoms with Crippen LogP contribution in [0.1, 0.15) is 44.9 Å². The van der Waals surface area contributed by atoms with Crippen LogP contribution in [0, 0.1) is 5.92 Å². The Morgan fingerprint density at radius 1 is 1.22 bits per heavy atom. The van der Waals surface area contributed by atoms with E-state index in [2.05, 4.69) is 9.88 Å². The first-order chi connectivity index (χ1) is 11.2. The Labute approximate surface area is 141 Å². The number of likely N-dealkylation sites (tertiary alicyclic amines) is 1. The van der Waals surface area contributed by atoms with E-state index in [0.717, 1.165) is 50.2 Å². The van der Waals surface area contributed by atoms with E-state index in [-0.39, 0.29) is 11.9 Å². The Morgan fingerprint density at radius 2 is 2.00 bits per heavy atom. The van der Waals surface area contributed by atoms with Crippen molar-refractivity contribution in [2.45, 2.75) is 56.6 Å². The third kappa shape index (κ3) is 2.76. The Morgan fingerprint density at radius 3 is 2.61 bits per heavy atom. The van der Waals surface area contributed by atoms with Gasteiger partial charge in [-0.05, 0) is 44.4 Å². The number of amides is 1. The predicted octanol–water partition coefficient (Wildman–Crippen LogP) is 2.27. The summed E-state index contributed by atoms with van der Waals surface area (Å²) in [6, 6.07) is -0.0592. The Balaban J connectivity index is 1.40. The highest BCUT2D eigenvalue weighted by Crippen LogP contribution is 2.42. The third-order valence-electron chi connectivity index (χ3n) is 6.01. The highest BCUT2D eigenvalue weighted by atomic mass is 32.1. The maximum atomic E-state index is 12.9. The van der Waals surface area contributed by atoms with Crippen LogP contribution in [0.25, 0.3) is 0 Å². The maximum Gasteiger partial charge on any atom is 0.245 e. The summed E-state index contributed by atoms with van der Waals surface area (Å²) in [6.45, 7) is 2.33. The molecule has 1 aliphatic carbocycles. The van der Waals surface area contributed by atoms with Crippen molar-refractivity contribution in [2.75, 3.05) is 24.5 Å². The summed E-state index contributed by atoms with van der Waals surface area (Å²) in [5.41, 5.74) is -0.514. The number of hydrogen-bond acceptors (Lipinski definition) is 5. The van der Waals surface area contributed by atoms with Crippen LogP contribution >= 0.6 is 11.3 Å². The monoisotopic (exact) mass is 335 g/mol. The minimum Gasteiger partial charge on any atom is -0.389 e. The van der Waals surface area contributed by atoms with Crippen molar-refractivity contribution < 1.29 is 9.90 Å². The van der Waals surface area contributed by atoms with Crippen molar-refractivity contribution in [2.24, 2.45) is 5.92 Å². The molecule has 5 nitrogen and oxygen atoms in total. The van der Waals surface area contributed by atoms with Gasteiger partial charge in [-0.3, -0.25) is 4.79 Å². The first kappa shape index (κ1) is 15.4. The van der Waals surface area contributed by atoms with Crippen LogP contribution in [0.15, 0.2) is 11.6 Å². The van der Waals surface area contributed by atoms with Gasteiger partial charge in [-0.1, -0.05) is 6.42 Å². The van der Waals surface area contributed by atoms with Gasteiger partial charge in [0, 0.05) is 31.2 Å². The molecule has 2 aliphatic heterocycles. The van der Waals surface area contributed by atoms with Crippen LogP contribution in [0.2, 0.25) is 0 Å². The number of carbonyl (C=O) groups is 1. The van der Waals surface area contributed by atoms with E-state index in [9.17, 15) is 9.90 Å². The molecule has 0 aromatic carbocycles. The van der Waals surface area contributed by atoms with Crippen molar-refractivity contribution in [3.63, 3.8) is 0 Å². The van der Waals surface area contributed by atoms with Crippen molar-refractivity contribution >= 4 is 22.4 Å². The van der Waals surface area contributed by atoms with Gasteiger partial charge in [0.15, 0.2) is 5.13 Å². The van der Waals surface area contributed by atoms with Crippen molar-refractivity contribution in [1.29, 1.82) is 0 Å². The molecule has 1 N–H and O–H groups in total. The molecule has 0 radical (unpaired) electrons. The SMILES string of the molecule is O=C(C1CCCN1c1nccs1)N1CCC(O)(C2CCC2)CC1. The number of rotatable bonds is 3. The zero-order chi connectivity index (χ0) is 15.9. The van der Waals surface area contributed by atoms with E-state index in [1.807, 2.05) is 10.3 Å². The van der Waals surface area contributed by atoms with Gasteiger partial charge in [0.2, 0.25) is 5.91 Å². The van der Waals surface area contributed by atoms with E-state index < -0.39 is 5.60 Å². The molecule has 23 heavy (non-hydrogen) atoms. The van der Waals surface area contributed by atoms with E-state index >= 15 is 0 Å². The molecule has 2 saturated heterocycles. The highest BCUT2D eigenvalue weighted by molar-refractivity contribution is 7.13. The second-order valence-corrected chi connectivity index (χ2v) is 8.10. The fourth-order valence-electron chi connectivity index (χ4n) is 4.29. The van der Waals surface area contributed by atoms with E-state index in [4.69, 9.17) is 0 Å². The highest BCUT2D eigenvalue weighted by Gasteiger charge is 2.44. The second-order valence-electron chi connectivity index (χ2n) is 7.22. The molecule has 1 aromatic heterocycles. The number of piperidine rings is 1. The number of carbonyl (C=O) groups excluding carboxylic acids is 1. The molecule has 1 saturated carbocycles. The van der Waals surface area contributed by atoms with Crippen molar-refractivity contribution in [3.8, 4) is 0 Å². The van der Waals surface area contributed by atoms with Crippen LogP contribution in [-0.4, -0.2) is 52.2 Å². The Bertz CT molecular complexity index is 550. The summed E-state index contributed by atoms with van der Waals surface area (Å²) in [4.78, 5) is 21.5. The molecule has 1 aromatic rings. The topological polar surface area (TPSA) is 56.7 Å². The van der Waals surface area contributed by atoms with E-state index in [1.54, 1.807) is 17.5 Å². The molecule has 0 bridgehead atoms. The van der Waals surface area contributed by atoms with Gasteiger partial charge in [0.05, 0.1) is 5.60 Å². The fourth-order valence-corrected chi connectivity index (χ4v) is 5.01. The first-order valence-electron chi connectivity index (χ1n) is 8.85. The van der Waals surface area contributed by atoms with E-state index in [1.165, 1.54) is 6.42 Å². The van der Waals surface area contributed by atoms with Gasteiger partial charge in [0.25, 0.3) is 0 Å². The first-order valence-corrected chi connectivity index (χ1v) is 9.73. The maximum absolute atomic E-state index is 12.9. The lowest BCUT2D eigenvalue weighted by Gasteiger charge is -2.47. The number of thiazole rings is 1.